The standard InChI is InChI=1S/C20H25ClN4O4S/c1-12(2)18(20(27)22-11-16(24(3)4)17-6-5-9-30-17)23-19(26)14-8-7-13(25(28)29)10-15(14)21/h5-10,12,16,18H,11H2,1-4H3,(H,22,27)(H,23,26). The second kappa shape index (κ2) is 10.5. The lowest BCUT2D eigenvalue weighted by molar-refractivity contribution is -0.384. The quantitative estimate of drug-likeness (QED) is 0.447. The summed E-state index contributed by atoms with van der Waals surface area (Å²) in [4.78, 5) is 38.9. The third kappa shape index (κ3) is 6.01. The lowest BCUT2D eigenvalue weighted by Gasteiger charge is -2.26. The van der Waals surface area contributed by atoms with Crippen LogP contribution < -0.4 is 10.6 Å². The van der Waals surface area contributed by atoms with Crippen molar-refractivity contribution in [3.05, 3.63) is 61.3 Å². The van der Waals surface area contributed by atoms with Gasteiger partial charge >= 0.3 is 0 Å². The predicted molar refractivity (Wildman–Crippen MR) is 118 cm³/mol. The number of halogens is 1. The number of hydrogen-bond acceptors (Lipinski definition) is 6. The minimum absolute atomic E-state index is 0.0154. The first-order valence-electron chi connectivity index (χ1n) is 9.34. The molecular formula is C20H25ClN4O4S. The highest BCUT2D eigenvalue weighted by Gasteiger charge is 2.27. The average Bonchev–Trinajstić information content (AvgIpc) is 3.19. The Bertz CT molecular complexity index is 902. The highest BCUT2D eigenvalue weighted by atomic mass is 35.5. The minimum atomic E-state index is -0.782. The van der Waals surface area contributed by atoms with E-state index >= 15 is 0 Å². The minimum Gasteiger partial charge on any atom is -0.352 e. The zero-order chi connectivity index (χ0) is 22.4. The second-order valence-electron chi connectivity index (χ2n) is 7.36. The SMILES string of the molecule is CC(C)C(NC(=O)c1ccc([N+](=O)[O-])cc1Cl)C(=O)NCC(c1cccs1)N(C)C. The van der Waals surface area contributed by atoms with Crippen molar-refractivity contribution in [2.75, 3.05) is 20.6 Å². The van der Waals surface area contributed by atoms with Gasteiger partial charge in [0.15, 0.2) is 0 Å². The fourth-order valence-electron chi connectivity index (χ4n) is 2.88. The van der Waals surface area contributed by atoms with Crippen molar-refractivity contribution in [3.63, 3.8) is 0 Å². The van der Waals surface area contributed by atoms with Crippen LogP contribution in [0, 0.1) is 16.0 Å². The number of nitro benzene ring substituents is 1. The summed E-state index contributed by atoms with van der Waals surface area (Å²) in [5, 5.41) is 18.4. The van der Waals surface area contributed by atoms with Crippen LogP contribution in [0.15, 0.2) is 35.7 Å². The normalized spacial score (nSPS) is 13.2. The number of carbonyl (C=O) groups excluding carboxylic acids is 2. The Morgan fingerprint density at radius 1 is 1.27 bits per heavy atom. The molecule has 162 valence electrons. The van der Waals surface area contributed by atoms with Gasteiger partial charge in [0.2, 0.25) is 5.91 Å². The van der Waals surface area contributed by atoms with E-state index in [1.54, 1.807) is 11.3 Å². The smallest absolute Gasteiger partial charge is 0.270 e. The number of thiophene rings is 1. The van der Waals surface area contributed by atoms with E-state index in [1.165, 1.54) is 12.1 Å². The number of hydrogen-bond donors (Lipinski definition) is 2. The second-order valence-corrected chi connectivity index (χ2v) is 8.74. The van der Waals surface area contributed by atoms with Gasteiger partial charge in [-0.25, -0.2) is 0 Å². The molecule has 0 aliphatic heterocycles. The molecule has 1 aromatic carbocycles. The van der Waals surface area contributed by atoms with Crippen LogP contribution in [0.25, 0.3) is 0 Å². The summed E-state index contributed by atoms with van der Waals surface area (Å²) in [6.07, 6.45) is 0. The van der Waals surface area contributed by atoms with Crippen molar-refractivity contribution in [2.24, 2.45) is 5.92 Å². The molecular weight excluding hydrogens is 428 g/mol. The van der Waals surface area contributed by atoms with Crippen LogP contribution in [0.2, 0.25) is 5.02 Å². The summed E-state index contributed by atoms with van der Waals surface area (Å²) in [6, 6.07) is 6.81. The van der Waals surface area contributed by atoms with Gasteiger partial charge in [0, 0.05) is 23.6 Å². The zero-order valence-corrected chi connectivity index (χ0v) is 18.8. The summed E-state index contributed by atoms with van der Waals surface area (Å²) in [5.41, 5.74) is -0.136. The Morgan fingerprint density at radius 3 is 2.47 bits per heavy atom. The van der Waals surface area contributed by atoms with E-state index in [-0.39, 0.29) is 34.1 Å². The number of benzene rings is 1. The van der Waals surface area contributed by atoms with Crippen LogP contribution in [0.4, 0.5) is 5.69 Å². The molecule has 0 aliphatic rings. The highest BCUT2D eigenvalue weighted by Crippen LogP contribution is 2.24. The van der Waals surface area contributed by atoms with Crippen molar-refractivity contribution < 1.29 is 14.5 Å². The third-order valence-electron chi connectivity index (χ3n) is 4.61. The van der Waals surface area contributed by atoms with Gasteiger partial charge in [0.05, 0.1) is 21.6 Å². The van der Waals surface area contributed by atoms with Crippen molar-refractivity contribution in [3.8, 4) is 0 Å². The fraction of sp³-hybridized carbons (Fsp3) is 0.400. The number of amides is 2. The molecule has 0 spiro atoms. The highest BCUT2D eigenvalue weighted by molar-refractivity contribution is 7.10. The number of nitrogens with zero attached hydrogens (tertiary/aromatic N) is 2. The van der Waals surface area contributed by atoms with Crippen molar-refractivity contribution >= 4 is 40.4 Å². The molecule has 2 N–H and O–H groups in total. The fourth-order valence-corrected chi connectivity index (χ4v) is 4.06. The Hall–Kier alpha value is -2.49. The van der Waals surface area contributed by atoms with E-state index in [4.69, 9.17) is 11.6 Å². The largest absolute Gasteiger partial charge is 0.352 e. The van der Waals surface area contributed by atoms with Crippen LogP contribution in [0.1, 0.15) is 35.1 Å². The first-order valence-corrected chi connectivity index (χ1v) is 10.6. The molecule has 10 heteroatoms. The number of nitro groups is 1. The van der Waals surface area contributed by atoms with Crippen LogP contribution >= 0.6 is 22.9 Å². The summed E-state index contributed by atoms with van der Waals surface area (Å²) in [7, 11) is 3.88. The molecule has 0 saturated heterocycles. The molecule has 0 radical (unpaired) electrons. The summed E-state index contributed by atoms with van der Waals surface area (Å²) in [5.74, 6) is -1.05. The van der Waals surface area contributed by atoms with Crippen molar-refractivity contribution in [2.45, 2.75) is 25.9 Å². The lowest BCUT2D eigenvalue weighted by Crippen LogP contribution is -2.51. The Kier molecular flexibility index (Phi) is 8.33. The molecule has 0 fully saturated rings. The average molecular weight is 453 g/mol. The zero-order valence-electron chi connectivity index (χ0n) is 17.2. The molecule has 0 bridgehead atoms. The van der Waals surface area contributed by atoms with E-state index in [0.717, 1.165) is 10.9 Å². The molecule has 2 amide bonds. The molecule has 2 aromatic rings. The first kappa shape index (κ1) is 23.8. The van der Waals surface area contributed by atoms with Crippen LogP contribution in [0.5, 0.6) is 0 Å². The molecule has 2 atom stereocenters. The number of rotatable bonds is 9. The number of carbonyl (C=O) groups is 2. The van der Waals surface area contributed by atoms with Crippen molar-refractivity contribution in [1.82, 2.24) is 15.5 Å². The summed E-state index contributed by atoms with van der Waals surface area (Å²) >= 11 is 7.65. The molecule has 1 heterocycles. The van der Waals surface area contributed by atoms with Gasteiger partial charge in [-0.05, 0) is 37.5 Å². The number of nitrogens with one attached hydrogen (secondary N) is 2. The lowest BCUT2D eigenvalue weighted by atomic mass is 10.0. The Balaban J connectivity index is 2.08. The molecule has 2 rings (SSSR count). The van der Waals surface area contributed by atoms with Gasteiger partial charge in [-0.1, -0.05) is 31.5 Å². The predicted octanol–water partition coefficient (Wildman–Crippen LogP) is 3.48. The molecule has 30 heavy (non-hydrogen) atoms. The van der Waals surface area contributed by atoms with E-state index in [0.29, 0.717) is 6.54 Å². The molecule has 1 aromatic heterocycles. The molecule has 8 nitrogen and oxygen atoms in total. The summed E-state index contributed by atoms with van der Waals surface area (Å²) < 4.78 is 0. The maximum atomic E-state index is 12.8. The van der Waals surface area contributed by atoms with Gasteiger partial charge in [-0.2, -0.15) is 0 Å². The first-order chi connectivity index (χ1) is 14.1. The van der Waals surface area contributed by atoms with Gasteiger partial charge in [0.25, 0.3) is 11.6 Å². The maximum absolute atomic E-state index is 12.8. The van der Waals surface area contributed by atoms with Crippen LogP contribution in [-0.2, 0) is 4.79 Å². The van der Waals surface area contributed by atoms with Gasteiger partial charge in [-0.3, -0.25) is 19.7 Å². The number of non-ortho nitro benzene ring substituents is 1. The topological polar surface area (TPSA) is 105 Å². The number of likely N-dealkylation sites (N-methyl/N-ethyl adjacent to an activating group) is 1. The van der Waals surface area contributed by atoms with Gasteiger partial charge < -0.3 is 15.5 Å². The molecule has 2 unspecified atom stereocenters. The third-order valence-corrected chi connectivity index (χ3v) is 5.89. The Morgan fingerprint density at radius 2 is 1.97 bits per heavy atom. The van der Waals surface area contributed by atoms with E-state index in [1.807, 2.05) is 50.4 Å². The molecule has 0 saturated carbocycles. The molecule has 0 aliphatic carbocycles. The van der Waals surface area contributed by atoms with Gasteiger partial charge in [-0.15, -0.1) is 11.3 Å². The van der Waals surface area contributed by atoms with E-state index < -0.39 is 16.9 Å². The Labute approximate surface area is 184 Å². The van der Waals surface area contributed by atoms with E-state index in [9.17, 15) is 19.7 Å². The monoisotopic (exact) mass is 452 g/mol. The van der Waals surface area contributed by atoms with Crippen LogP contribution in [-0.4, -0.2) is 48.3 Å². The summed E-state index contributed by atoms with van der Waals surface area (Å²) in [6.45, 7) is 4.04. The van der Waals surface area contributed by atoms with Crippen molar-refractivity contribution in [1.29, 1.82) is 0 Å². The van der Waals surface area contributed by atoms with Gasteiger partial charge in [0.1, 0.15) is 6.04 Å². The van der Waals surface area contributed by atoms with Crippen LogP contribution in [0.3, 0.4) is 0 Å². The van der Waals surface area contributed by atoms with E-state index in [2.05, 4.69) is 10.6 Å². The maximum Gasteiger partial charge on any atom is 0.270 e.